The molecule has 0 bridgehead atoms. The van der Waals surface area contributed by atoms with Gasteiger partial charge in [-0.1, -0.05) is 23.8 Å². The van der Waals surface area contributed by atoms with Gasteiger partial charge in [0.25, 0.3) is 5.91 Å². The fourth-order valence-corrected chi connectivity index (χ4v) is 5.31. The number of amides is 1. The van der Waals surface area contributed by atoms with Crippen molar-refractivity contribution in [1.82, 2.24) is 4.90 Å². The van der Waals surface area contributed by atoms with Gasteiger partial charge in [-0.3, -0.25) is 4.79 Å². The number of hydrogen-bond acceptors (Lipinski definition) is 5. The highest BCUT2D eigenvalue weighted by molar-refractivity contribution is 7.91. The Morgan fingerprint density at radius 2 is 2.04 bits per heavy atom. The van der Waals surface area contributed by atoms with E-state index in [1.54, 1.807) is 16.2 Å². The van der Waals surface area contributed by atoms with E-state index in [1.165, 1.54) is 0 Å². The molecule has 0 aliphatic carbocycles. The van der Waals surface area contributed by atoms with Crippen LogP contribution in [0.1, 0.15) is 16.9 Å². The van der Waals surface area contributed by atoms with Gasteiger partial charge in [-0.15, -0.1) is 11.3 Å². The summed E-state index contributed by atoms with van der Waals surface area (Å²) in [5, 5.41) is 1.95. The third-order valence-electron chi connectivity index (χ3n) is 4.26. The molecule has 3 rings (SSSR count). The van der Waals surface area contributed by atoms with E-state index in [9.17, 15) is 13.2 Å². The molecule has 7 heteroatoms. The number of rotatable bonds is 6. The van der Waals surface area contributed by atoms with Crippen molar-refractivity contribution in [3.8, 4) is 5.75 Å². The lowest BCUT2D eigenvalue weighted by Crippen LogP contribution is -2.42. The zero-order chi connectivity index (χ0) is 17.9. The molecule has 1 aromatic heterocycles. The summed E-state index contributed by atoms with van der Waals surface area (Å²) in [7, 11) is -3.06. The third-order valence-corrected chi connectivity index (χ3v) is 6.87. The first-order valence-corrected chi connectivity index (χ1v) is 10.8. The monoisotopic (exact) mass is 379 g/mol. The summed E-state index contributed by atoms with van der Waals surface area (Å²) in [6.07, 6.45) is 0.490. The standard InChI is InChI=1S/C18H21NO4S2/c1-14-4-6-16(7-5-14)23-12-18(20)19(11-17-3-2-9-24-17)15-8-10-25(21,22)13-15/h2-7,9,15H,8,10-13H2,1H3/t15-/m1/s1. The van der Waals surface area contributed by atoms with Crippen LogP contribution in [0.15, 0.2) is 41.8 Å². The van der Waals surface area contributed by atoms with Crippen molar-refractivity contribution < 1.29 is 17.9 Å². The summed E-state index contributed by atoms with van der Waals surface area (Å²) in [6.45, 7) is 2.32. The molecule has 2 heterocycles. The fraction of sp³-hybridized carbons (Fsp3) is 0.389. The minimum Gasteiger partial charge on any atom is -0.484 e. The van der Waals surface area contributed by atoms with Crippen molar-refractivity contribution >= 4 is 27.1 Å². The Balaban J connectivity index is 1.69. The predicted octanol–water partition coefficient (Wildman–Crippen LogP) is 2.65. The van der Waals surface area contributed by atoms with Crippen LogP contribution in [0.4, 0.5) is 0 Å². The summed E-state index contributed by atoms with van der Waals surface area (Å²) >= 11 is 1.56. The summed E-state index contributed by atoms with van der Waals surface area (Å²) in [4.78, 5) is 15.4. The number of ether oxygens (including phenoxy) is 1. The highest BCUT2D eigenvalue weighted by atomic mass is 32.2. The Bertz CT molecular complexity index is 813. The molecule has 134 valence electrons. The Morgan fingerprint density at radius 1 is 1.28 bits per heavy atom. The van der Waals surface area contributed by atoms with Crippen molar-refractivity contribution in [2.24, 2.45) is 0 Å². The second-order valence-corrected chi connectivity index (χ2v) is 9.52. The maximum absolute atomic E-state index is 12.7. The number of sulfone groups is 1. The number of nitrogens with zero attached hydrogens (tertiary/aromatic N) is 1. The van der Waals surface area contributed by atoms with Crippen molar-refractivity contribution in [2.45, 2.75) is 25.9 Å². The molecule has 1 aliphatic rings. The number of hydrogen-bond donors (Lipinski definition) is 0. The lowest BCUT2D eigenvalue weighted by Gasteiger charge is -2.28. The highest BCUT2D eigenvalue weighted by Gasteiger charge is 2.34. The van der Waals surface area contributed by atoms with Crippen molar-refractivity contribution in [3.05, 3.63) is 52.2 Å². The van der Waals surface area contributed by atoms with Crippen LogP contribution < -0.4 is 4.74 Å². The molecule has 5 nitrogen and oxygen atoms in total. The van der Waals surface area contributed by atoms with E-state index < -0.39 is 9.84 Å². The largest absolute Gasteiger partial charge is 0.484 e. The maximum Gasteiger partial charge on any atom is 0.261 e. The second-order valence-electron chi connectivity index (χ2n) is 6.26. The third kappa shape index (κ3) is 4.83. The fourth-order valence-electron chi connectivity index (χ4n) is 2.88. The van der Waals surface area contributed by atoms with Gasteiger partial charge in [0, 0.05) is 10.9 Å². The first kappa shape index (κ1) is 17.9. The average molecular weight is 380 g/mol. The summed E-state index contributed by atoms with van der Waals surface area (Å²) in [6, 6.07) is 11.1. The minimum atomic E-state index is -3.06. The topological polar surface area (TPSA) is 63.7 Å². The Kier molecular flexibility index (Phi) is 5.44. The van der Waals surface area contributed by atoms with E-state index in [0.717, 1.165) is 10.4 Å². The molecule has 2 aromatic rings. The van der Waals surface area contributed by atoms with Crippen LogP contribution in [0.2, 0.25) is 0 Å². The number of thiophene rings is 1. The van der Waals surface area contributed by atoms with Crippen LogP contribution in [-0.4, -0.2) is 43.4 Å². The lowest BCUT2D eigenvalue weighted by atomic mass is 10.2. The van der Waals surface area contributed by atoms with Crippen LogP contribution in [0, 0.1) is 6.92 Å². The molecule has 0 radical (unpaired) electrons. The minimum absolute atomic E-state index is 0.0364. The summed E-state index contributed by atoms with van der Waals surface area (Å²) in [5.41, 5.74) is 1.12. The van der Waals surface area contributed by atoms with E-state index in [0.29, 0.717) is 18.7 Å². The van der Waals surface area contributed by atoms with Gasteiger partial charge in [0.05, 0.1) is 18.1 Å². The molecule has 1 amide bonds. The number of benzene rings is 1. The molecular weight excluding hydrogens is 358 g/mol. The molecule has 0 N–H and O–H groups in total. The molecule has 0 saturated carbocycles. The van der Waals surface area contributed by atoms with Crippen LogP contribution >= 0.6 is 11.3 Å². The van der Waals surface area contributed by atoms with E-state index in [1.807, 2.05) is 48.7 Å². The molecular formula is C18H21NO4S2. The second kappa shape index (κ2) is 7.58. The van der Waals surface area contributed by atoms with Crippen molar-refractivity contribution in [2.75, 3.05) is 18.1 Å². The summed E-state index contributed by atoms with van der Waals surface area (Å²) in [5.74, 6) is 0.629. The molecule has 0 unspecified atom stereocenters. The SMILES string of the molecule is Cc1ccc(OCC(=O)N(Cc2cccs2)[C@@H]2CCS(=O)(=O)C2)cc1. The smallest absolute Gasteiger partial charge is 0.261 e. The van der Waals surface area contributed by atoms with Gasteiger partial charge in [-0.2, -0.15) is 0 Å². The quantitative estimate of drug-likeness (QED) is 0.774. The Hall–Kier alpha value is -1.86. The van der Waals surface area contributed by atoms with Gasteiger partial charge in [0.15, 0.2) is 16.4 Å². The van der Waals surface area contributed by atoms with E-state index >= 15 is 0 Å². The van der Waals surface area contributed by atoms with Crippen molar-refractivity contribution in [3.63, 3.8) is 0 Å². The first-order valence-electron chi connectivity index (χ1n) is 8.15. The van der Waals surface area contributed by atoms with Gasteiger partial charge in [-0.25, -0.2) is 8.42 Å². The van der Waals surface area contributed by atoms with Crippen LogP contribution in [-0.2, 0) is 21.2 Å². The predicted molar refractivity (Wildman–Crippen MR) is 98.6 cm³/mol. The maximum atomic E-state index is 12.7. The summed E-state index contributed by atoms with van der Waals surface area (Å²) < 4.78 is 29.2. The number of carbonyl (C=O) groups excluding carboxylic acids is 1. The average Bonchev–Trinajstić information content (AvgIpc) is 3.21. The van der Waals surface area contributed by atoms with Gasteiger partial charge >= 0.3 is 0 Å². The van der Waals surface area contributed by atoms with E-state index in [-0.39, 0.29) is 30.1 Å². The molecule has 1 atom stereocenters. The van der Waals surface area contributed by atoms with Crippen molar-refractivity contribution in [1.29, 1.82) is 0 Å². The number of aryl methyl sites for hydroxylation is 1. The molecule has 1 saturated heterocycles. The molecule has 1 fully saturated rings. The molecule has 25 heavy (non-hydrogen) atoms. The normalized spacial score (nSPS) is 18.8. The molecule has 1 aromatic carbocycles. The number of carbonyl (C=O) groups is 1. The van der Waals surface area contributed by atoms with Crippen LogP contribution in [0.5, 0.6) is 5.75 Å². The molecule has 1 aliphatic heterocycles. The van der Waals surface area contributed by atoms with Crippen LogP contribution in [0.25, 0.3) is 0 Å². The molecule has 0 spiro atoms. The van der Waals surface area contributed by atoms with E-state index in [2.05, 4.69) is 0 Å². The lowest BCUT2D eigenvalue weighted by molar-refractivity contribution is -0.135. The zero-order valence-corrected chi connectivity index (χ0v) is 15.7. The van der Waals surface area contributed by atoms with Gasteiger partial charge in [0.2, 0.25) is 0 Å². The van der Waals surface area contributed by atoms with E-state index in [4.69, 9.17) is 4.74 Å². The van der Waals surface area contributed by atoms with Gasteiger partial charge in [-0.05, 0) is 36.9 Å². The van der Waals surface area contributed by atoms with Gasteiger partial charge < -0.3 is 9.64 Å². The first-order chi connectivity index (χ1) is 11.9. The zero-order valence-electron chi connectivity index (χ0n) is 14.1. The Morgan fingerprint density at radius 3 is 2.64 bits per heavy atom. The Labute approximate surface area is 152 Å². The van der Waals surface area contributed by atoms with Crippen LogP contribution in [0.3, 0.4) is 0 Å². The highest BCUT2D eigenvalue weighted by Crippen LogP contribution is 2.22. The van der Waals surface area contributed by atoms with Gasteiger partial charge in [0.1, 0.15) is 5.75 Å².